The molecule has 1 unspecified atom stereocenters. The van der Waals surface area contributed by atoms with Gasteiger partial charge in [-0.05, 0) is 25.3 Å². The Morgan fingerprint density at radius 3 is 2.69 bits per heavy atom. The Labute approximate surface area is 99.0 Å². The molecule has 0 radical (unpaired) electrons. The lowest BCUT2D eigenvalue weighted by Crippen LogP contribution is -2.21. The van der Waals surface area contributed by atoms with Crippen LogP contribution in [0.4, 0.5) is 0 Å². The SMILES string of the molecule is C=C1CCCCCC1(C)C=CC(=O)N(C)C. The van der Waals surface area contributed by atoms with Crippen molar-refractivity contribution in [1.29, 1.82) is 0 Å². The normalized spacial score (nSPS) is 26.8. The molecule has 1 rings (SSSR count). The molecule has 0 N–H and O–H groups in total. The molecule has 0 bridgehead atoms. The summed E-state index contributed by atoms with van der Waals surface area (Å²) < 4.78 is 0. The third kappa shape index (κ3) is 3.22. The standard InChI is InChI=1S/C14H23NO/c1-12-8-6-5-7-10-14(12,2)11-9-13(16)15(3)4/h9,11H,1,5-8,10H2,2-4H3. The summed E-state index contributed by atoms with van der Waals surface area (Å²) in [5.41, 5.74) is 1.29. The molecule has 90 valence electrons. The number of nitrogens with zero attached hydrogens (tertiary/aromatic N) is 1. The first-order chi connectivity index (χ1) is 7.46. The van der Waals surface area contributed by atoms with E-state index in [1.54, 1.807) is 25.1 Å². The highest BCUT2D eigenvalue weighted by Crippen LogP contribution is 2.39. The van der Waals surface area contributed by atoms with Crippen LogP contribution in [-0.2, 0) is 4.79 Å². The van der Waals surface area contributed by atoms with E-state index in [2.05, 4.69) is 13.5 Å². The van der Waals surface area contributed by atoms with Crippen LogP contribution >= 0.6 is 0 Å². The molecule has 16 heavy (non-hydrogen) atoms. The zero-order valence-electron chi connectivity index (χ0n) is 10.8. The van der Waals surface area contributed by atoms with Gasteiger partial charge in [-0.15, -0.1) is 0 Å². The first-order valence-electron chi connectivity index (χ1n) is 6.04. The predicted octanol–water partition coefficient (Wildman–Crippen LogP) is 3.16. The van der Waals surface area contributed by atoms with Crippen LogP contribution in [0.5, 0.6) is 0 Å². The van der Waals surface area contributed by atoms with Crippen molar-refractivity contribution in [2.45, 2.75) is 39.0 Å². The van der Waals surface area contributed by atoms with Gasteiger partial charge in [0.2, 0.25) is 5.91 Å². The van der Waals surface area contributed by atoms with Crippen molar-refractivity contribution in [3.05, 3.63) is 24.3 Å². The van der Waals surface area contributed by atoms with Crippen molar-refractivity contribution in [3.63, 3.8) is 0 Å². The average Bonchev–Trinajstić information content (AvgIpc) is 2.39. The molecule has 0 aromatic carbocycles. The van der Waals surface area contributed by atoms with Gasteiger partial charge in [-0.1, -0.05) is 38.0 Å². The monoisotopic (exact) mass is 221 g/mol. The molecular weight excluding hydrogens is 198 g/mol. The second kappa shape index (κ2) is 5.33. The fraction of sp³-hybridized carbons (Fsp3) is 0.643. The molecule has 2 heteroatoms. The quantitative estimate of drug-likeness (QED) is 0.398. The molecule has 0 spiro atoms. The summed E-state index contributed by atoms with van der Waals surface area (Å²) in [6.07, 6.45) is 9.70. The summed E-state index contributed by atoms with van der Waals surface area (Å²) in [7, 11) is 3.55. The fourth-order valence-corrected chi connectivity index (χ4v) is 2.08. The summed E-state index contributed by atoms with van der Waals surface area (Å²) in [5.74, 6) is 0.0540. The van der Waals surface area contributed by atoms with Crippen LogP contribution in [0, 0.1) is 5.41 Å². The molecule has 1 saturated carbocycles. The second-order valence-corrected chi connectivity index (χ2v) is 5.15. The lowest BCUT2D eigenvalue weighted by atomic mass is 9.78. The number of likely N-dealkylation sites (N-methyl/N-ethyl adjacent to an activating group) is 1. The molecule has 1 aliphatic rings. The van der Waals surface area contributed by atoms with E-state index in [0.29, 0.717) is 0 Å². The minimum Gasteiger partial charge on any atom is -0.345 e. The lowest BCUT2D eigenvalue weighted by molar-refractivity contribution is -0.123. The smallest absolute Gasteiger partial charge is 0.245 e. The molecule has 1 amide bonds. The highest BCUT2D eigenvalue weighted by molar-refractivity contribution is 5.87. The van der Waals surface area contributed by atoms with Crippen LogP contribution in [-0.4, -0.2) is 24.9 Å². The van der Waals surface area contributed by atoms with Gasteiger partial charge in [0.1, 0.15) is 0 Å². The van der Waals surface area contributed by atoms with Crippen LogP contribution in [0.25, 0.3) is 0 Å². The molecule has 0 aromatic heterocycles. The van der Waals surface area contributed by atoms with E-state index in [4.69, 9.17) is 0 Å². The molecule has 1 atom stereocenters. The summed E-state index contributed by atoms with van der Waals surface area (Å²) in [6, 6.07) is 0. The number of allylic oxidation sites excluding steroid dienone is 2. The van der Waals surface area contributed by atoms with E-state index in [9.17, 15) is 4.79 Å². The minimum atomic E-state index is 0.0160. The van der Waals surface area contributed by atoms with Gasteiger partial charge in [-0.3, -0.25) is 4.79 Å². The highest BCUT2D eigenvalue weighted by atomic mass is 16.2. The molecule has 0 aromatic rings. The summed E-state index contributed by atoms with van der Waals surface area (Å²) in [5, 5.41) is 0. The van der Waals surface area contributed by atoms with Crippen molar-refractivity contribution >= 4 is 5.91 Å². The van der Waals surface area contributed by atoms with Crippen LogP contribution in [0.3, 0.4) is 0 Å². The second-order valence-electron chi connectivity index (χ2n) is 5.15. The van der Waals surface area contributed by atoms with Crippen molar-refractivity contribution in [2.75, 3.05) is 14.1 Å². The number of amides is 1. The van der Waals surface area contributed by atoms with Gasteiger partial charge in [0.25, 0.3) is 0 Å². The van der Waals surface area contributed by atoms with Gasteiger partial charge < -0.3 is 4.90 Å². The molecular formula is C14H23NO. The minimum absolute atomic E-state index is 0.0160. The zero-order chi connectivity index (χ0) is 12.2. The maximum Gasteiger partial charge on any atom is 0.245 e. The Kier molecular flexibility index (Phi) is 4.34. The molecule has 1 aliphatic carbocycles. The number of hydrogen-bond acceptors (Lipinski definition) is 1. The first-order valence-corrected chi connectivity index (χ1v) is 6.04. The van der Waals surface area contributed by atoms with Crippen molar-refractivity contribution < 1.29 is 4.79 Å². The number of carbonyl (C=O) groups is 1. The van der Waals surface area contributed by atoms with Gasteiger partial charge in [0.05, 0.1) is 0 Å². The maximum absolute atomic E-state index is 11.5. The number of carbonyl (C=O) groups excluding carboxylic acids is 1. The largest absolute Gasteiger partial charge is 0.345 e. The van der Waals surface area contributed by atoms with E-state index in [1.807, 2.05) is 6.08 Å². The molecule has 2 nitrogen and oxygen atoms in total. The van der Waals surface area contributed by atoms with Crippen molar-refractivity contribution in [2.24, 2.45) is 5.41 Å². The first kappa shape index (κ1) is 13.0. The van der Waals surface area contributed by atoms with E-state index in [0.717, 1.165) is 12.8 Å². The Morgan fingerprint density at radius 2 is 2.06 bits per heavy atom. The van der Waals surface area contributed by atoms with E-state index in [1.165, 1.54) is 24.8 Å². The lowest BCUT2D eigenvalue weighted by Gasteiger charge is -2.26. The maximum atomic E-state index is 11.5. The molecule has 1 fully saturated rings. The van der Waals surface area contributed by atoms with Gasteiger partial charge in [-0.25, -0.2) is 0 Å². The van der Waals surface area contributed by atoms with Crippen LogP contribution in [0.1, 0.15) is 39.0 Å². The van der Waals surface area contributed by atoms with Gasteiger partial charge in [0.15, 0.2) is 0 Å². The van der Waals surface area contributed by atoms with Crippen molar-refractivity contribution in [1.82, 2.24) is 4.90 Å². The highest BCUT2D eigenvalue weighted by Gasteiger charge is 2.26. The topological polar surface area (TPSA) is 20.3 Å². The van der Waals surface area contributed by atoms with Crippen LogP contribution in [0.2, 0.25) is 0 Å². The summed E-state index contributed by atoms with van der Waals surface area (Å²) in [4.78, 5) is 13.1. The Balaban J connectivity index is 2.75. The average molecular weight is 221 g/mol. The van der Waals surface area contributed by atoms with Gasteiger partial charge in [-0.2, -0.15) is 0 Å². The molecule has 0 heterocycles. The van der Waals surface area contributed by atoms with E-state index >= 15 is 0 Å². The summed E-state index contributed by atoms with van der Waals surface area (Å²) in [6.45, 7) is 6.37. The zero-order valence-corrected chi connectivity index (χ0v) is 10.8. The number of hydrogen-bond donors (Lipinski definition) is 0. The Bertz CT molecular complexity index is 304. The van der Waals surface area contributed by atoms with Crippen LogP contribution in [0.15, 0.2) is 24.3 Å². The Morgan fingerprint density at radius 1 is 1.38 bits per heavy atom. The van der Waals surface area contributed by atoms with Gasteiger partial charge >= 0.3 is 0 Å². The number of rotatable bonds is 2. The van der Waals surface area contributed by atoms with Crippen molar-refractivity contribution in [3.8, 4) is 0 Å². The third-order valence-electron chi connectivity index (χ3n) is 3.52. The molecule has 0 saturated heterocycles. The van der Waals surface area contributed by atoms with E-state index in [-0.39, 0.29) is 11.3 Å². The van der Waals surface area contributed by atoms with Crippen LogP contribution < -0.4 is 0 Å². The van der Waals surface area contributed by atoms with Gasteiger partial charge in [0, 0.05) is 19.5 Å². The predicted molar refractivity (Wildman–Crippen MR) is 68.2 cm³/mol. The summed E-state index contributed by atoms with van der Waals surface area (Å²) >= 11 is 0. The third-order valence-corrected chi connectivity index (χ3v) is 3.52. The molecule has 0 aliphatic heterocycles. The Hall–Kier alpha value is -1.05. The fourth-order valence-electron chi connectivity index (χ4n) is 2.08. The van der Waals surface area contributed by atoms with E-state index < -0.39 is 0 Å².